The highest BCUT2D eigenvalue weighted by Crippen LogP contribution is 2.11. The summed E-state index contributed by atoms with van der Waals surface area (Å²) in [7, 11) is 0.307. The molecule has 0 rings (SSSR count). The highest BCUT2D eigenvalue weighted by atomic mass is 32.2. The molecule has 0 aromatic rings. The molecular formula is C6H14S. The van der Waals surface area contributed by atoms with Crippen LogP contribution in [0.4, 0.5) is 0 Å². The van der Waals surface area contributed by atoms with Crippen molar-refractivity contribution in [2.24, 2.45) is 0 Å². The summed E-state index contributed by atoms with van der Waals surface area (Å²) in [5.74, 6) is 1.28. The second-order valence-corrected chi connectivity index (χ2v) is 4.36. The van der Waals surface area contributed by atoms with E-state index in [-0.39, 0.29) is 0 Å². The summed E-state index contributed by atoms with van der Waals surface area (Å²) in [5, 5.41) is 0. The van der Waals surface area contributed by atoms with Crippen molar-refractivity contribution in [3.05, 3.63) is 12.2 Å². The molecule has 0 aliphatic rings. The third-order valence-electron chi connectivity index (χ3n) is 0.706. The van der Waals surface area contributed by atoms with Gasteiger partial charge in [-0.25, -0.2) is 0 Å². The summed E-state index contributed by atoms with van der Waals surface area (Å²) in [6.07, 6.45) is 8.92. The van der Waals surface area contributed by atoms with E-state index in [1.165, 1.54) is 5.75 Å². The molecule has 1 heteroatoms. The van der Waals surface area contributed by atoms with Crippen molar-refractivity contribution in [2.75, 3.05) is 18.3 Å². The van der Waals surface area contributed by atoms with Gasteiger partial charge in [-0.1, -0.05) is 12.2 Å². The van der Waals surface area contributed by atoms with Gasteiger partial charge in [-0.3, -0.25) is 10.9 Å². The SMILES string of the molecule is CC=CC[SH](C)C. The number of allylic oxidation sites excluding steroid dienone is 1. The van der Waals surface area contributed by atoms with E-state index >= 15 is 0 Å². The second kappa shape index (κ2) is 4.25. The van der Waals surface area contributed by atoms with Crippen LogP contribution in [0.1, 0.15) is 6.92 Å². The van der Waals surface area contributed by atoms with E-state index in [1.807, 2.05) is 0 Å². The van der Waals surface area contributed by atoms with E-state index in [0.717, 1.165) is 0 Å². The zero-order valence-corrected chi connectivity index (χ0v) is 6.20. The van der Waals surface area contributed by atoms with Crippen molar-refractivity contribution in [3.63, 3.8) is 0 Å². The average Bonchev–Trinajstić information content (AvgIpc) is 1.61. The van der Waals surface area contributed by atoms with Crippen LogP contribution < -0.4 is 0 Å². The zero-order chi connectivity index (χ0) is 5.70. The molecule has 0 nitrogen and oxygen atoms in total. The standard InChI is InChI=1S/C6H14S/c1-4-5-6-7(2)3/h4-5,7H,6H2,1-3H3. The van der Waals surface area contributed by atoms with Crippen molar-refractivity contribution in [1.29, 1.82) is 0 Å². The molecule has 0 N–H and O–H groups in total. The Morgan fingerprint density at radius 1 is 1.43 bits per heavy atom. The fraction of sp³-hybridized carbons (Fsp3) is 0.667. The fourth-order valence-corrected chi connectivity index (χ4v) is 0.949. The van der Waals surface area contributed by atoms with Crippen LogP contribution in [0.15, 0.2) is 12.2 Å². The Labute approximate surface area is 49.0 Å². The molecule has 0 aromatic carbocycles. The third kappa shape index (κ3) is 6.09. The molecule has 0 amide bonds. The van der Waals surface area contributed by atoms with Gasteiger partial charge in [0.25, 0.3) is 0 Å². The van der Waals surface area contributed by atoms with E-state index in [1.54, 1.807) is 0 Å². The third-order valence-corrected chi connectivity index (χ3v) is 1.65. The number of hydrogen-bond acceptors (Lipinski definition) is 0. The van der Waals surface area contributed by atoms with Gasteiger partial charge in [0.15, 0.2) is 0 Å². The highest BCUT2D eigenvalue weighted by Gasteiger charge is 1.77. The minimum absolute atomic E-state index is 0.307. The normalized spacial score (nSPS) is 12.7. The molecule has 7 heavy (non-hydrogen) atoms. The molecule has 0 radical (unpaired) electrons. The molecule has 0 aromatic heterocycles. The minimum Gasteiger partial charge on any atom is -0.256 e. The Kier molecular flexibility index (Phi) is 4.31. The number of hydrogen-bond donors (Lipinski definition) is 1. The van der Waals surface area contributed by atoms with Gasteiger partial charge in [0.05, 0.1) is 0 Å². The Bertz CT molecular complexity index is 55.2. The van der Waals surface area contributed by atoms with Crippen LogP contribution in [0.5, 0.6) is 0 Å². The highest BCUT2D eigenvalue weighted by molar-refractivity contribution is 8.15. The quantitative estimate of drug-likeness (QED) is 0.415. The van der Waals surface area contributed by atoms with E-state index < -0.39 is 0 Å². The molecule has 0 aliphatic heterocycles. The van der Waals surface area contributed by atoms with Crippen LogP contribution in [0.3, 0.4) is 0 Å². The monoisotopic (exact) mass is 118 g/mol. The van der Waals surface area contributed by atoms with Crippen LogP contribution in [0, 0.1) is 0 Å². The number of rotatable bonds is 2. The van der Waals surface area contributed by atoms with Crippen molar-refractivity contribution in [1.82, 2.24) is 0 Å². The molecular weight excluding hydrogens is 104 g/mol. The first kappa shape index (κ1) is 7.09. The Hall–Kier alpha value is 0.0900. The maximum absolute atomic E-state index is 2.29. The molecule has 0 spiro atoms. The molecule has 0 fully saturated rings. The first-order chi connectivity index (χ1) is 3.27. The minimum atomic E-state index is 0.307. The van der Waals surface area contributed by atoms with Gasteiger partial charge in [0.2, 0.25) is 0 Å². The smallest absolute Gasteiger partial charge is 0.00759 e. The summed E-state index contributed by atoms with van der Waals surface area (Å²) in [6.45, 7) is 2.07. The maximum Gasteiger partial charge on any atom is -0.00759 e. The van der Waals surface area contributed by atoms with Gasteiger partial charge < -0.3 is 0 Å². The molecule has 0 aliphatic carbocycles. The van der Waals surface area contributed by atoms with Gasteiger partial charge in [-0.2, -0.15) is 0 Å². The van der Waals surface area contributed by atoms with Gasteiger partial charge in [-0.05, 0) is 25.2 Å². The maximum atomic E-state index is 2.29. The molecule has 0 bridgehead atoms. The Morgan fingerprint density at radius 2 is 2.00 bits per heavy atom. The summed E-state index contributed by atoms with van der Waals surface area (Å²) >= 11 is 0. The van der Waals surface area contributed by atoms with Gasteiger partial charge in [-0.15, -0.1) is 0 Å². The first-order valence-electron chi connectivity index (χ1n) is 2.53. The van der Waals surface area contributed by atoms with Crippen LogP contribution >= 0.6 is 10.9 Å². The topological polar surface area (TPSA) is 0 Å². The molecule has 0 saturated carbocycles. The summed E-state index contributed by atoms with van der Waals surface area (Å²) in [5.41, 5.74) is 0. The predicted octanol–water partition coefficient (Wildman–Crippen LogP) is 1.82. The number of thiol groups is 1. The lowest BCUT2D eigenvalue weighted by Gasteiger charge is -2.01. The van der Waals surface area contributed by atoms with Gasteiger partial charge in [0, 0.05) is 0 Å². The van der Waals surface area contributed by atoms with Crippen LogP contribution in [-0.2, 0) is 0 Å². The van der Waals surface area contributed by atoms with Crippen molar-refractivity contribution < 1.29 is 0 Å². The van der Waals surface area contributed by atoms with Crippen molar-refractivity contribution in [2.45, 2.75) is 6.92 Å². The van der Waals surface area contributed by atoms with E-state index in [4.69, 9.17) is 0 Å². The molecule has 44 valence electrons. The second-order valence-electron chi connectivity index (χ2n) is 1.83. The van der Waals surface area contributed by atoms with Crippen molar-refractivity contribution in [3.8, 4) is 0 Å². The largest absolute Gasteiger partial charge is 0.256 e. The average molecular weight is 118 g/mol. The lowest BCUT2D eigenvalue weighted by Crippen LogP contribution is -1.75. The van der Waals surface area contributed by atoms with Crippen molar-refractivity contribution >= 4 is 10.9 Å². The first-order valence-corrected chi connectivity index (χ1v) is 4.95. The Balaban J connectivity index is 2.97. The zero-order valence-electron chi connectivity index (χ0n) is 5.31. The summed E-state index contributed by atoms with van der Waals surface area (Å²) in [6, 6.07) is 0. The molecule has 0 heterocycles. The van der Waals surface area contributed by atoms with Gasteiger partial charge in [0.1, 0.15) is 0 Å². The van der Waals surface area contributed by atoms with Crippen LogP contribution in [-0.4, -0.2) is 18.3 Å². The molecule has 0 atom stereocenters. The fourth-order valence-electron chi connectivity index (χ4n) is 0.316. The predicted molar refractivity (Wildman–Crippen MR) is 40.5 cm³/mol. The molecule has 0 unspecified atom stereocenters. The Morgan fingerprint density at radius 3 is 2.14 bits per heavy atom. The van der Waals surface area contributed by atoms with Crippen LogP contribution in [0.2, 0.25) is 0 Å². The van der Waals surface area contributed by atoms with Crippen LogP contribution in [0.25, 0.3) is 0 Å². The van der Waals surface area contributed by atoms with E-state index in [2.05, 4.69) is 31.6 Å². The van der Waals surface area contributed by atoms with E-state index in [9.17, 15) is 0 Å². The lowest BCUT2D eigenvalue weighted by molar-refractivity contribution is 1.65. The summed E-state index contributed by atoms with van der Waals surface area (Å²) in [4.78, 5) is 0. The van der Waals surface area contributed by atoms with Gasteiger partial charge >= 0.3 is 0 Å². The lowest BCUT2D eigenvalue weighted by atomic mass is 10.6. The summed E-state index contributed by atoms with van der Waals surface area (Å²) < 4.78 is 0. The molecule has 0 saturated heterocycles. The van der Waals surface area contributed by atoms with E-state index in [0.29, 0.717) is 10.9 Å².